The van der Waals surface area contributed by atoms with E-state index in [1.54, 1.807) is 0 Å². The summed E-state index contributed by atoms with van der Waals surface area (Å²) < 4.78 is 0. The molecular weight excluding hydrogens is 901 g/mol. The third kappa shape index (κ3) is 16.5. The summed E-state index contributed by atoms with van der Waals surface area (Å²) >= 11 is 0. The Morgan fingerprint density at radius 3 is 0.733 bits per heavy atom. The molecule has 6 heteroatoms. The molecule has 2 atom stereocenters. The van der Waals surface area contributed by atoms with Gasteiger partial charge in [0, 0.05) is 23.4 Å². The summed E-state index contributed by atoms with van der Waals surface area (Å²) in [6.07, 6.45) is 17.4. The summed E-state index contributed by atoms with van der Waals surface area (Å²) in [6.45, 7) is 4.41. The van der Waals surface area contributed by atoms with Crippen LogP contribution in [0.3, 0.4) is 0 Å². The molecule has 0 aromatic heterocycles. The van der Waals surface area contributed by atoms with E-state index in [-0.39, 0.29) is 37.5 Å². The summed E-state index contributed by atoms with van der Waals surface area (Å²) in [5.41, 5.74) is 5.58. The quantitative estimate of drug-likeness (QED) is 0.0997. The molecule has 0 bridgehead atoms. The third-order valence-electron chi connectivity index (χ3n) is 9.98. The van der Waals surface area contributed by atoms with Crippen LogP contribution >= 0.6 is 15.8 Å². The maximum absolute atomic E-state index is 2.23. The van der Waals surface area contributed by atoms with Crippen LogP contribution in [0.25, 0.3) is 0 Å². The van der Waals surface area contributed by atoms with Gasteiger partial charge in [-0.25, -0.2) is 0 Å². The Bertz CT molecular complexity index is 1700. The Morgan fingerprint density at radius 1 is 0.333 bits per heavy atom. The van der Waals surface area contributed by atoms with Crippen LogP contribution in [0.2, 0.25) is 0 Å². The molecule has 0 saturated heterocycles. The van der Waals surface area contributed by atoms with Crippen molar-refractivity contribution in [2.24, 2.45) is 0 Å². The number of rotatable bonds is 10. The van der Waals surface area contributed by atoms with Gasteiger partial charge in [-0.3, -0.25) is 0 Å². The zero-order chi connectivity index (χ0) is 41.0. The Kier molecular flexibility index (Phi) is 24.8. The van der Waals surface area contributed by atoms with E-state index < -0.39 is 15.8 Å². The first-order valence-corrected chi connectivity index (χ1v) is 22.7. The van der Waals surface area contributed by atoms with Crippen LogP contribution in [-0.2, 0) is 37.5 Å². The summed E-state index contributed by atoms with van der Waals surface area (Å²) in [5.74, 6) is 0. The van der Waals surface area contributed by atoms with Gasteiger partial charge >= 0.3 is 37.5 Å². The SMILES string of the molecule is CC(c1ccccc1)N(C)C.CC(c1ccccc1)N(C)C.[CH]1[CH][CH][C](P(c2ccccc2)c2ccccc2)[CH]1.[CH]1[CH][CH][C](P(c2ccccc2)c2ccccc2)[CH]1.[Fe+2].[Pd+2]. The van der Waals surface area contributed by atoms with E-state index in [9.17, 15) is 0 Å². The molecule has 6 aromatic carbocycles. The molecule has 0 amide bonds. The summed E-state index contributed by atoms with van der Waals surface area (Å²) in [5, 5.41) is 5.63. The van der Waals surface area contributed by atoms with E-state index in [2.05, 4.69) is 273 Å². The van der Waals surface area contributed by atoms with Crippen molar-refractivity contribution in [1.82, 2.24) is 9.80 Å². The van der Waals surface area contributed by atoms with Gasteiger partial charge in [0.15, 0.2) is 0 Å². The predicted octanol–water partition coefficient (Wildman–Crippen LogP) is 11.6. The van der Waals surface area contributed by atoms with Gasteiger partial charge in [0.1, 0.15) is 0 Å². The molecule has 2 nitrogen and oxygen atoms in total. The van der Waals surface area contributed by atoms with E-state index in [1.165, 1.54) is 43.7 Å². The van der Waals surface area contributed by atoms with Gasteiger partial charge in [-0.1, -0.05) is 182 Å². The first-order valence-electron chi connectivity index (χ1n) is 20.0. The Hall–Kier alpha value is -2.72. The molecule has 2 unspecified atom stereocenters. The second kappa shape index (κ2) is 28.8. The van der Waals surface area contributed by atoms with E-state index in [1.807, 2.05) is 12.1 Å². The van der Waals surface area contributed by atoms with Crippen molar-refractivity contribution in [1.29, 1.82) is 0 Å². The molecule has 2 fully saturated rings. The number of hydrogen-bond donors (Lipinski definition) is 0. The molecular formula is C54H58FeN2P2Pd+4. The summed E-state index contributed by atoms with van der Waals surface area (Å²) in [6, 6.07) is 65.2. The van der Waals surface area contributed by atoms with Gasteiger partial charge in [-0.2, -0.15) is 0 Å². The van der Waals surface area contributed by atoms with Crippen molar-refractivity contribution in [3.8, 4) is 0 Å². The molecule has 2 aliphatic carbocycles. The van der Waals surface area contributed by atoms with E-state index in [0.717, 1.165) is 0 Å². The molecule has 0 heterocycles. The van der Waals surface area contributed by atoms with Crippen LogP contribution in [0.1, 0.15) is 37.1 Å². The van der Waals surface area contributed by atoms with Gasteiger partial charge in [-0.05, 0) is 142 Å². The van der Waals surface area contributed by atoms with Gasteiger partial charge in [0.05, 0.1) is 0 Å². The Morgan fingerprint density at radius 2 is 0.533 bits per heavy atom. The first-order chi connectivity index (χ1) is 28.3. The van der Waals surface area contributed by atoms with Gasteiger partial charge in [0.25, 0.3) is 0 Å². The standard InChI is InChI=1S/2C17H14P.2C10H15N.Fe.Pd/c2*1-3-9-15(10-4-1)18(17-13-7-8-14-17)16-11-5-2-6-12-16;2*1-9(11(2)3)10-7-5-4-6-8-10;;/h2*1-14H;2*4-9H,1-3H3;;/q;;;;2*+2. The van der Waals surface area contributed by atoms with Gasteiger partial charge in [0.2, 0.25) is 0 Å². The van der Waals surface area contributed by atoms with Crippen LogP contribution in [-0.4, -0.2) is 38.0 Å². The van der Waals surface area contributed by atoms with Crippen molar-refractivity contribution < 1.29 is 37.5 Å². The minimum atomic E-state index is -0.409. The average molecular weight is 959 g/mol. The third-order valence-corrected chi connectivity index (χ3v) is 14.9. The second-order valence-corrected chi connectivity index (χ2v) is 18.8. The molecule has 8 rings (SSSR count). The van der Waals surface area contributed by atoms with Crippen LogP contribution in [0.4, 0.5) is 0 Å². The summed E-state index contributed by atoms with van der Waals surface area (Å²) in [4.78, 5) is 4.41. The minimum Gasteiger partial charge on any atom is -0.303 e. The average Bonchev–Trinajstić information content (AvgIpc) is 4.02. The summed E-state index contributed by atoms with van der Waals surface area (Å²) in [7, 11) is 7.56. The Balaban J connectivity index is 0.000000217. The van der Waals surface area contributed by atoms with Crippen molar-refractivity contribution >= 4 is 37.1 Å². The van der Waals surface area contributed by atoms with Crippen molar-refractivity contribution in [3.63, 3.8) is 0 Å². The molecule has 0 N–H and O–H groups in total. The van der Waals surface area contributed by atoms with Crippen LogP contribution < -0.4 is 21.2 Å². The van der Waals surface area contributed by atoms with Crippen LogP contribution in [0, 0.1) is 62.7 Å². The molecule has 2 aliphatic rings. The zero-order valence-electron chi connectivity index (χ0n) is 35.6. The largest absolute Gasteiger partial charge is 2.00 e. The molecule has 2 saturated carbocycles. The van der Waals surface area contributed by atoms with E-state index >= 15 is 0 Å². The minimum absolute atomic E-state index is 0. The first kappa shape index (κ1) is 51.6. The number of nitrogens with zero attached hydrogens (tertiary/aromatic N) is 2. The molecule has 0 aliphatic heterocycles. The Labute approximate surface area is 391 Å². The fourth-order valence-electron chi connectivity index (χ4n) is 6.29. The van der Waals surface area contributed by atoms with Crippen LogP contribution in [0.15, 0.2) is 182 Å². The van der Waals surface area contributed by atoms with E-state index in [4.69, 9.17) is 0 Å². The molecule has 10 radical (unpaired) electrons. The number of benzene rings is 6. The monoisotopic (exact) mass is 958 g/mol. The topological polar surface area (TPSA) is 6.48 Å². The van der Waals surface area contributed by atoms with Crippen molar-refractivity contribution in [2.75, 3.05) is 28.2 Å². The zero-order valence-corrected chi connectivity index (χ0v) is 40.0. The molecule has 60 heavy (non-hydrogen) atoms. The fourth-order valence-corrected chi connectivity index (χ4v) is 10.9. The maximum Gasteiger partial charge on any atom is 2.00 e. The normalized spacial score (nSPS) is 14.7. The second-order valence-electron chi connectivity index (χ2n) is 14.4. The molecule has 0 spiro atoms. The van der Waals surface area contributed by atoms with Gasteiger partial charge < -0.3 is 9.80 Å². The van der Waals surface area contributed by atoms with Gasteiger partial charge in [-0.15, -0.1) is 0 Å². The van der Waals surface area contributed by atoms with E-state index in [0.29, 0.717) is 12.1 Å². The van der Waals surface area contributed by atoms with Crippen molar-refractivity contribution in [3.05, 3.63) is 256 Å². The van der Waals surface area contributed by atoms with Crippen molar-refractivity contribution in [2.45, 2.75) is 25.9 Å². The number of hydrogen-bond acceptors (Lipinski definition) is 2. The molecule has 6 aromatic rings. The maximum atomic E-state index is 2.23. The predicted molar refractivity (Wildman–Crippen MR) is 256 cm³/mol. The fraction of sp³-hybridized carbons (Fsp3) is 0.148. The smallest absolute Gasteiger partial charge is 0.303 e. The van der Waals surface area contributed by atoms with Crippen LogP contribution in [0.5, 0.6) is 0 Å². The molecule has 308 valence electrons.